The summed E-state index contributed by atoms with van der Waals surface area (Å²) < 4.78 is 34.1. The van der Waals surface area contributed by atoms with Crippen molar-refractivity contribution in [2.75, 3.05) is 38.6 Å². The standard InChI is InChI=1S/C27H40N4O5S/c1-19(2)16-28-27(33)22(5)30(17-23-11-13-24(36-8)14-12-23)26(32)18-31(37(34,35)29(6)7)25-15-20(3)9-10-21(25)4/h9-15,19,22H,16-18H2,1-8H3,(H,28,33)/t22-/m0/s1. The van der Waals surface area contributed by atoms with Gasteiger partial charge < -0.3 is 15.0 Å². The van der Waals surface area contributed by atoms with Gasteiger partial charge in [0.25, 0.3) is 0 Å². The second-order valence-corrected chi connectivity index (χ2v) is 11.8. The number of anilines is 1. The molecule has 0 radical (unpaired) electrons. The van der Waals surface area contributed by atoms with Gasteiger partial charge in [-0.05, 0) is 61.6 Å². The summed E-state index contributed by atoms with van der Waals surface area (Å²) >= 11 is 0. The highest BCUT2D eigenvalue weighted by atomic mass is 32.2. The molecule has 10 heteroatoms. The molecule has 1 atom stereocenters. The largest absolute Gasteiger partial charge is 0.497 e. The zero-order chi connectivity index (χ0) is 27.9. The van der Waals surface area contributed by atoms with Gasteiger partial charge in [-0.2, -0.15) is 12.7 Å². The second-order valence-electron chi connectivity index (χ2n) is 9.77. The van der Waals surface area contributed by atoms with Crippen molar-refractivity contribution in [3.63, 3.8) is 0 Å². The van der Waals surface area contributed by atoms with E-state index in [0.717, 1.165) is 19.7 Å². The van der Waals surface area contributed by atoms with Crippen molar-refractivity contribution in [3.05, 3.63) is 59.2 Å². The molecule has 0 aliphatic rings. The molecule has 2 rings (SSSR count). The van der Waals surface area contributed by atoms with E-state index >= 15 is 0 Å². The fourth-order valence-electron chi connectivity index (χ4n) is 3.65. The molecule has 0 aromatic heterocycles. The molecule has 0 fully saturated rings. The Morgan fingerprint density at radius 3 is 2.16 bits per heavy atom. The fraction of sp³-hybridized carbons (Fsp3) is 0.481. The van der Waals surface area contributed by atoms with Crippen molar-refractivity contribution in [1.82, 2.24) is 14.5 Å². The van der Waals surface area contributed by atoms with Gasteiger partial charge in [0.2, 0.25) is 11.8 Å². The van der Waals surface area contributed by atoms with E-state index in [9.17, 15) is 18.0 Å². The number of hydrogen-bond donors (Lipinski definition) is 1. The Balaban J connectivity index is 2.48. The van der Waals surface area contributed by atoms with Crippen LogP contribution < -0.4 is 14.4 Å². The van der Waals surface area contributed by atoms with E-state index in [1.165, 1.54) is 19.0 Å². The van der Waals surface area contributed by atoms with Gasteiger partial charge in [0.1, 0.15) is 18.3 Å². The number of amides is 2. The number of rotatable bonds is 12. The van der Waals surface area contributed by atoms with Crippen LogP contribution in [0.4, 0.5) is 5.69 Å². The lowest BCUT2D eigenvalue weighted by atomic mass is 10.1. The highest BCUT2D eigenvalue weighted by Gasteiger charge is 2.33. The van der Waals surface area contributed by atoms with E-state index in [0.29, 0.717) is 23.5 Å². The van der Waals surface area contributed by atoms with Crippen molar-refractivity contribution in [1.29, 1.82) is 0 Å². The molecule has 0 bridgehead atoms. The van der Waals surface area contributed by atoms with Crippen LogP contribution in [0.15, 0.2) is 42.5 Å². The number of methoxy groups -OCH3 is 1. The molecular weight excluding hydrogens is 492 g/mol. The molecule has 0 spiro atoms. The fourth-order valence-corrected chi connectivity index (χ4v) is 4.77. The lowest BCUT2D eigenvalue weighted by Gasteiger charge is -2.33. The van der Waals surface area contributed by atoms with Crippen molar-refractivity contribution in [2.24, 2.45) is 5.92 Å². The topological polar surface area (TPSA) is 99.3 Å². The quantitative estimate of drug-likeness (QED) is 0.453. The summed E-state index contributed by atoms with van der Waals surface area (Å²) in [5, 5.41) is 2.88. The van der Waals surface area contributed by atoms with Crippen LogP contribution in [0.1, 0.15) is 37.5 Å². The van der Waals surface area contributed by atoms with E-state index in [-0.39, 0.29) is 18.4 Å². The first-order valence-corrected chi connectivity index (χ1v) is 13.6. The number of carbonyl (C=O) groups is 2. The number of nitrogens with one attached hydrogen (secondary N) is 1. The van der Waals surface area contributed by atoms with E-state index in [1.807, 2.05) is 45.0 Å². The van der Waals surface area contributed by atoms with Crippen LogP contribution in [0.2, 0.25) is 0 Å². The number of carbonyl (C=O) groups excluding carboxylic acids is 2. The van der Waals surface area contributed by atoms with Gasteiger partial charge in [-0.15, -0.1) is 0 Å². The Hall–Kier alpha value is -3.11. The molecule has 2 aromatic carbocycles. The molecular formula is C27H40N4O5S. The second kappa shape index (κ2) is 12.9. The number of benzene rings is 2. The lowest BCUT2D eigenvalue weighted by molar-refractivity contribution is -0.139. The van der Waals surface area contributed by atoms with Crippen LogP contribution in [0, 0.1) is 19.8 Å². The van der Waals surface area contributed by atoms with Gasteiger partial charge >= 0.3 is 10.2 Å². The van der Waals surface area contributed by atoms with Crippen LogP contribution in [0.3, 0.4) is 0 Å². The molecule has 0 saturated carbocycles. The Morgan fingerprint density at radius 2 is 1.62 bits per heavy atom. The summed E-state index contributed by atoms with van der Waals surface area (Å²) in [4.78, 5) is 28.2. The molecule has 0 unspecified atom stereocenters. The van der Waals surface area contributed by atoms with Gasteiger partial charge in [-0.25, -0.2) is 4.31 Å². The van der Waals surface area contributed by atoms with Crippen molar-refractivity contribution in [2.45, 2.75) is 47.2 Å². The maximum Gasteiger partial charge on any atom is 0.304 e. The number of aryl methyl sites for hydroxylation is 2. The monoisotopic (exact) mass is 532 g/mol. The van der Waals surface area contributed by atoms with Crippen molar-refractivity contribution < 1.29 is 22.7 Å². The normalized spacial score (nSPS) is 12.4. The van der Waals surface area contributed by atoms with Crippen LogP contribution in [-0.4, -0.2) is 69.8 Å². The summed E-state index contributed by atoms with van der Waals surface area (Å²) in [5.41, 5.74) is 2.78. The van der Waals surface area contributed by atoms with Crippen LogP contribution in [0.5, 0.6) is 5.75 Å². The molecule has 0 aliphatic heterocycles. The van der Waals surface area contributed by atoms with Crippen molar-refractivity contribution >= 4 is 27.7 Å². The number of ether oxygens (including phenoxy) is 1. The average molecular weight is 533 g/mol. The van der Waals surface area contributed by atoms with Crippen LogP contribution in [-0.2, 0) is 26.3 Å². The van der Waals surface area contributed by atoms with E-state index in [2.05, 4.69) is 5.32 Å². The molecule has 37 heavy (non-hydrogen) atoms. The molecule has 0 saturated heterocycles. The highest BCUT2D eigenvalue weighted by molar-refractivity contribution is 7.90. The minimum absolute atomic E-state index is 0.127. The maximum absolute atomic E-state index is 13.8. The number of hydrogen-bond acceptors (Lipinski definition) is 5. The molecule has 2 amide bonds. The molecule has 0 heterocycles. The third-order valence-corrected chi connectivity index (χ3v) is 7.82. The summed E-state index contributed by atoms with van der Waals surface area (Å²) in [6, 6.07) is 11.8. The van der Waals surface area contributed by atoms with Gasteiger partial charge in [0, 0.05) is 27.2 Å². The summed E-state index contributed by atoms with van der Waals surface area (Å²) in [7, 11) is 0.413. The molecule has 204 valence electrons. The van der Waals surface area contributed by atoms with Gasteiger partial charge in [0.15, 0.2) is 0 Å². The SMILES string of the molecule is COc1ccc(CN(C(=O)CN(c2cc(C)ccc2C)S(=O)(=O)N(C)C)[C@@H](C)C(=O)NCC(C)C)cc1. The first kappa shape index (κ1) is 30.1. The minimum Gasteiger partial charge on any atom is -0.497 e. The Labute approximate surface area is 221 Å². The lowest BCUT2D eigenvalue weighted by Crippen LogP contribution is -2.52. The third kappa shape index (κ3) is 7.93. The summed E-state index contributed by atoms with van der Waals surface area (Å²) in [6.45, 7) is 9.43. The Kier molecular flexibility index (Phi) is 10.5. The zero-order valence-corrected chi connectivity index (χ0v) is 23.9. The summed E-state index contributed by atoms with van der Waals surface area (Å²) in [5.74, 6) is 0.119. The zero-order valence-electron chi connectivity index (χ0n) is 23.1. The Bertz CT molecular complexity index is 1180. The maximum atomic E-state index is 13.8. The molecule has 9 nitrogen and oxygen atoms in total. The molecule has 1 N–H and O–H groups in total. The predicted octanol–water partition coefficient (Wildman–Crippen LogP) is 3.11. The van der Waals surface area contributed by atoms with Crippen LogP contribution >= 0.6 is 0 Å². The highest BCUT2D eigenvalue weighted by Crippen LogP contribution is 2.26. The molecule has 2 aromatic rings. The number of nitrogens with zero attached hydrogens (tertiary/aromatic N) is 3. The van der Waals surface area contributed by atoms with E-state index in [1.54, 1.807) is 39.2 Å². The first-order valence-electron chi connectivity index (χ1n) is 12.3. The van der Waals surface area contributed by atoms with Crippen LogP contribution in [0.25, 0.3) is 0 Å². The smallest absolute Gasteiger partial charge is 0.304 e. The minimum atomic E-state index is -4.01. The van der Waals surface area contributed by atoms with Gasteiger partial charge in [-0.3, -0.25) is 9.59 Å². The van der Waals surface area contributed by atoms with Gasteiger partial charge in [-0.1, -0.05) is 38.1 Å². The Morgan fingerprint density at radius 1 is 1.00 bits per heavy atom. The van der Waals surface area contributed by atoms with E-state index < -0.39 is 28.7 Å². The van der Waals surface area contributed by atoms with E-state index in [4.69, 9.17) is 4.74 Å². The molecule has 0 aliphatic carbocycles. The average Bonchev–Trinajstić information content (AvgIpc) is 2.85. The van der Waals surface area contributed by atoms with Gasteiger partial charge in [0.05, 0.1) is 12.8 Å². The summed E-state index contributed by atoms with van der Waals surface area (Å²) in [6.07, 6.45) is 0. The first-order chi connectivity index (χ1) is 17.3. The van der Waals surface area contributed by atoms with Crippen molar-refractivity contribution in [3.8, 4) is 5.75 Å². The predicted molar refractivity (Wildman–Crippen MR) is 147 cm³/mol. The third-order valence-electron chi connectivity index (χ3n) is 6.02.